The summed E-state index contributed by atoms with van der Waals surface area (Å²) in [6.07, 6.45) is 1.31. The molecule has 0 fully saturated rings. The first-order chi connectivity index (χ1) is 12.4. The number of imide groups is 1. The highest BCUT2D eigenvalue weighted by atomic mass is 35.5. The smallest absolute Gasteiger partial charge is 0.340 e. The minimum atomic E-state index is -0.769. The first kappa shape index (κ1) is 17.6. The Morgan fingerprint density at radius 3 is 2.77 bits per heavy atom. The van der Waals surface area contributed by atoms with E-state index in [0.29, 0.717) is 21.6 Å². The number of furan rings is 1. The fraction of sp³-hybridized carbons (Fsp3) is 0.111. The Balaban J connectivity index is 1.66. The molecule has 0 aliphatic rings. The lowest BCUT2D eigenvalue weighted by Crippen LogP contribution is -2.34. The first-order valence-electron chi connectivity index (χ1n) is 7.56. The van der Waals surface area contributed by atoms with Gasteiger partial charge in [-0.1, -0.05) is 11.6 Å². The third-order valence-electron chi connectivity index (χ3n) is 3.52. The molecule has 0 unspecified atom stereocenters. The largest absolute Gasteiger partial charge is 0.459 e. The molecule has 0 radical (unpaired) electrons. The lowest BCUT2D eigenvalue weighted by atomic mass is 10.1. The zero-order valence-electron chi connectivity index (χ0n) is 13.6. The number of ether oxygens (including phenoxy) is 1. The van der Waals surface area contributed by atoms with Gasteiger partial charge in [0, 0.05) is 10.4 Å². The number of fused-ring (bicyclic) bond motifs is 1. The lowest BCUT2D eigenvalue weighted by molar-refractivity contribution is -0.123. The molecule has 0 atom stereocenters. The monoisotopic (exact) mass is 372 g/mol. The van der Waals surface area contributed by atoms with E-state index < -0.39 is 24.4 Å². The van der Waals surface area contributed by atoms with Gasteiger partial charge in [-0.2, -0.15) is 0 Å². The summed E-state index contributed by atoms with van der Waals surface area (Å²) in [5.74, 6) is -2.22. The highest BCUT2D eigenvalue weighted by Crippen LogP contribution is 2.21. The van der Waals surface area contributed by atoms with Gasteiger partial charge in [0.2, 0.25) is 0 Å². The van der Waals surface area contributed by atoms with Gasteiger partial charge in [-0.25, -0.2) is 4.79 Å². The number of aryl methyl sites for hydroxylation is 1. The summed E-state index contributed by atoms with van der Waals surface area (Å²) in [7, 11) is 0. The summed E-state index contributed by atoms with van der Waals surface area (Å²) in [6.45, 7) is 1.05. The SMILES string of the molecule is Cc1nc2ccc(Cl)cc2cc1C(=O)OCC(=O)NC(=O)c1ccco1. The van der Waals surface area contributed by atoms with Gasteiger partial charge in [-0.05, 0) is 43.3 Å². The summed E-state index contributed by atoms with van der Waals surface area (Å²) >= 11 is 5.95. The Hall–Kier alpha value is -3.19. The molecule has 0 aliphatic carbocycles. The van der Waals surface area contributed by atoms with Crippen molar-refractivity contribution in [2.75, 3.05) is 6.61 Å². The van der Waals surface area contributed by atoms with Crippen molar-refractivity contribution in [3.8, 4) is 0 Å². The molecule has 0 aliphatic heterocycles. The Bertz CT molecular complexity index is 998. The van der Waals surface area contributed by atoms with E-state index in [1.807, 2.05) is 0 Å². The molecule has 2 heterocycles. The number of hydrogen-bond donors (Lipinski definition) is 1. The predicted molar refractivity (Wildman–Crippen MR) is 93.0 cm³/mol. The van der Waals surface area contributed by atoms with E-state index in [0.717, 1.165) is 0 Å². The van der Waals surface area contributed by atoms with Gasteiger partial charge in [0.1, 0.15) is 0 Å². The molecule has 3 aromatic rings. The maximum absolute atomic E-state index is 12.2. The Labute approximate surface area is 152 Å². The molecule has 0 spiro atoms. The summed E-state index contributed by atoms with van der Waals surface area (Å²) < 4.78 is 9.83. The van der Waals surface area contributed by atoms with Crippen molar-refractivity contribution in [2.45, 2.75) is 6.92 Å². The van der Waals surface area contributed by atoms with Crippen LogP contribution in [0, 0.1) is 6.92 Å². The second kappa shape index (κ2) is 7.37. The minimum absolute atomic E-state index is 0.0175. The molecule has 2 aromatic heterocycles. The fourth-order valence-corrected chi connectivity index (χ4v) is 2.47. The van der Waals surface area contributed by atoms with E-state index in [1.165, 1.54) is 18.4 Å². The molecule has 0 saturated heterocycles. The van der Waals surface area contributed by atoms with Gasteiger partial charge in [0.05, 0.1) is 23.0 Å². The zero-order chi connectivity index (χ0) is 18.7. The van der Waals surface area contributed by atoms with Crippen molar-refractivity contribution in [3.63, 3.8) is 0 Å². The maximum atomic E-state index is 12.2. The van der Waals surface area contributed by atoms with Crippen molar-refractivity contribution in [1.82, 2.24) is 10.3 Å². The summed E-state index contributed by atoms with van der Waals surface area (Å²) in [4.78, 5) is 40.0. The number of aromatic nitrogens is 1. The van der Waals surface area contributed by atoms with Crippen molar-refractivity contribution in [2.24, 2.45) is 0 Å². The Kier molecular flexibility index (Phi) is 4.99. The molecule has 132 valence electrons. The second-order valence-electron chi connectivity index (χ2n) is 5.39. The summed E-state index contributed by atoms with van der Waals surface area (Å²) in [5.41, 5.74) is 1.35. The van der Waals surface area contributed by atoms with Crippen LogP contribution in [0.5, 0.6) is 0 Å². The topological polar surface area (TPSA) is 98.5 Å². The number of pyridine rings is 1. The van der Waals surface area contributed by atoms with Crippen molar-refractivity contribution in [1.29, 1.82) is 0 Å². The standard InChI is InChI=1S/C18H13ClN2O5/c1-10-13(8-11-7-12(19)4-5-14(11)20-10)18(24)26-9-16(22)21-17(23)15-3-2-6-25-15/h2-8H,9H2,1H3,(H,21,22,23). The number of carbonyl (C=O) groups is 3. The molecule has 2 amide bonds. The van der Waals surface area contributed by atoms with Crippen LogP contribution in [0.3, 0.4) is 0 Å². The predicted octanol–water partition coefficient (Wildman–Crippen LogP) is 2.90. The summed E-state index contributed by atoms with van der Waals surface area (Å²) in [6, 6.07) is 9.64. The molecular weight excluding hydrogens is 360 g/mol. The van der Waals surface area contributed by atoms with Crippen LogP contribution in [0.15, 0.2) is 47.1 Å². The van der Waals surface area contributed by atoms with Crippen molar-refractivity contribution >= 4 is 40.3 Å². The Morgan fingerprint density at radius 2 is 2.04 bits per heavy atom. The van der Waals surface area contributed by atoms with Gasteiger partial charge >= 0.3 is 5.97 Å². The average Bonchev–Trinajstić information content (AvgIpc) is 3.14. The molecule has 8 heteroatoms. The van der Waals surface area contributed by atoms with Gasteiger partial charge < -0.3 is 9.15 Å². The first-order valence-corrected chi connectivity index (χ1v) is 7.93. The number of benzene rings is 1. The molecule has 0 bridgehead atoms. The van der Waals surface area contributed by atoms with E-state index in [4.69, 9.17) is 20.8 Å². The van der Waals surface area contributed by atoms with Crippen LogP contribution in [-0.2, 0) is 9.53 Å². The van der Waals surface area contributed by atoms with Crippen LogP contribution < -0.4 is 5.32 Å². The quantitative estimate of drug-likeness (QED) is 0.707. The van der Waals surface area contributed by atoms with E-state index in [-0.39, 0.29) is 11.3 Å². The second-order valence-corrected chi connectivity index (χ2v) is 5.83. The normalized spacial score (nSPS) is 10.5. The van der Waals surface area contributed by atoms with Gasteiger partial charge in [0.25, 0.3) is 11.8 Å². The van der Waals surface area contributed by atoms with Crippen LogP contribution in [-0.4, -0.2) is 29.4 Å². The van der Waals surface area contributed by atoms with Crippen molar-refractivity contribution in [3.05, 3.63) is 64.7 Å². The number of esters is 1. The molecular formula is C18H13ClN2O5. The minimum Gasteiger partial charge on any atom is -0.459 e. The van der Waals surface area contributed by atoms with E-state index in [9.17, 15) is 14.4 Å². The third kappa shape index (κ3) is 3.89. The molecule has 3 rings (SSSR count). The molecule has 0 saturated carbocycles. The van der Waals surface area contributed by atoms with E-state index >= 15 is 0 Å². The highest BCUT2D eigenvalue weighted by molar-refractivity contribution is 6.31. The summed E-state index contributed by atoms with van der Waals surface area (Å²) in [5, 5.41) is 3.24. The number of carbonyl (C=O) groups excluding carboxylic acids is 3. The fourth-order valence-electron chi connectivity index (χ4n) is 2.29. The number of rotatable bonds is 4. The lowest BCUT2D eigenvalue weighted by Gasteiger charge is -2.08. The molecule has 1 N–H and O–H groups in total. The van der Waals surface area contributed by atoms with Gasteiger partial charge in [0.15, 0.2) is 12.4 Å². The molecule has 7 nitrogen and oxygen atoms in total. The van der Waals surface area contributed by atoms with Crippen molar-refractivity contribution < 1.29 is 23.5 Å². The van der Waals surface area contributed by atoms with E-state index in [1.54, 1.807) is 31.2 Å². The van der Waals surface area contributed by atoms with Crippen LogP contribution in [0.25, 0.3) is 10.9 Å². The number of hydrogen-bond acceptors (Lipinski definition) is 6. The number of halogens is 1. The third-order valence-corrected chi connectivity index (χ3v) is 3.75. The molecule has 1 aromatic carbocycles. The average molecular weight is 373 g/mol. The van der Waals surface area contributed by atoms with Crippen LogP contribution in [0.2, 0.25) is 5.02 Å². The van der Waals surface area contributed by atoms with Crippen LogP contribution in [0.1, 0.15) is 26.6 Å². The van der Waals surface area contributed by atoms with Gasteiger partial charge in [-0.15, -0.1) is 0 Å². The van der Waals surface area contributed by atoms with Gasteiger partial charge in [-0.3, -0.25) is 19.9 Å². The Morgan fingerprint density at radius 1 is 1.23 bits per heavy atom. The highest BCUT2D eigenvalue weighted by Gasteiger charge is 2.17. The van der Waals surface area contributed by atoms with E-state index in [2.05, 4.69) is 10.3 Å². The van der Waals surface area contributed by atoms with Crippen LogP contribution in [0.4, 0.5) is 0 Å². The number of amides is 2. The maximum Gasteiger partial charge on any atom is 0.340 e. The number of nitrogens with zero attached hydrogens (tertiary/aromatic N) is 1. The zero-order valence-corrected chi connectivity index (χ0v) is 14.4. The number of nitrogens with one attached hydrogen (secondary N) is 1. The van der Waals surface area contributed by atoms with Crippen LogP contribution >= 0.6 is 11.6 Å². The molecule has 26 heavy (non-hydrogen) atoms.